The van der Waals surface area contributed by atoms with Crippen LogP contribution >= 0.6 is 11.3 Å². The Balaban J connectivity index is 1.68. The van der Waals surface area contributed by atoms with Gasteiger partial charge in [0.05, 0.1) is 13.1 Å². The average Bonchev–Trinajstić information content (AvgIpc) is 2.97. The second-order valence-corrected chi connectivity index (χ2v) is 7.63. The minimum absolute atomic E-state index is 0.0177. The highest BCUT2D eigenvalue weighted by Gasteiger charge is 2.26. The van der Waals surface area contributed by atoms with Crippen molar-refractivity contribution >= 4 is 23.3 Å². The van der Waals surface area contributed by atoms with Crippen LogP contribution in [0.15, 0.2) is 17.5 Å². The van der Waals surface area contributed by atoms with E-state index in [4.69, 9.17) is 4.74 Å². The van der Waals surface area contributed by atoms with Gasteiger partial charge in [-0.2, -0.15) is 0 Å². The lowest BCUT2D eigenvalue weighted by Gasteiger charge is -2.35. The highest BCUT2D eigenvalue weighted by Crippen LogP contribution is 2.12. The fraction of sp³-hybridized carbons (Fsp3) is 0.625. The summed E-state index contributed by atoms with van der Waals surface area (Å²) in [6.07, 6.45) is -0.278. The zero-order valence-electron chi connectivity index (χ0n) is 14.0. The molecule has 6 nitrogen and oxygen atoms in total. The average molecular weight is 339 g/mol. The summed E-state index contributed by atoms with van der Waals surface area (Å²) in [4.78, 5) is 28.8. The van der Waals surface area contributed by atoms with E-state index in [0.29, 0.717) is 39.3 Å². The molecule has 0 spiro atoms. The lowest BCUT2D eigenvalue weighted by molar-refractivity contribution is -0.122. The first-order valence-corrected chi connectivity index (χ1v) is 8.71. The molecule has 1 saturated heterocycles. The largest absolute Gasteiger partial charge is 0.444 e. The Kier molecular flexibility index (Phi) is 6.01. The number of amides is 2. The standard InChI is InChI=1S/C16H25N3O3S/c1-16(2,3)22-15(21)19-8-6-18(7-9-19)12-14(20)17-11-13-5-4-10-23-13/h4-5,10H,6-9,11-12H2,1-3H3,(H,17,20). The van der Waals surface area contributed by atoms with Crippen LogP contribution in [0.5, 0.6) is 0 Å². The van der Waals surface area contributed by atoms with E-state index in [0.717, 1.165) is 4.88 Å². The molecule has 0 bridgehead atoms. The molecular weight excluding hydrogens is 314 g/mol. The molecule has 1 aromatic heterocycles. The number of thiophene rings is 1. The Bertz CT molecular complexity index is 517. The van der Waals surface area contributed by atoms with Gasteiger partial charge in [-0.25, -0.2) is 4.79 Å². The third-order valence-corrected chi connectivity index (χ3v) is 4.31. The van der Waals surface area contributed by atoms with Gasteiger partial charge in [-0.15, -0.1) is 11.3 Å². The van der Waals surface area contributed by atoms with Crippen LogP contribution in [0.3, 0.4) is 0 Å². The molecular formula is C16H25N3O3S. The van der Waals surface area contributed by atoms with Crippen molar-refractivity contribution in [3.8, 4) is 0 Å². The van der Waals surface area contributed by atoms with Crippen LogP contribution in [0, 0.1) is 0 Å². The summed E-state index contributed by atoms with van der Waals surface area (Å²) in [6, 6.07) is 3.98. The number of piperazine rings is 1. The second kappa shape index (κ2) is 7.79. The van der Waals surface area contributed by atoms with Crippen molar-refractivity contribution in [1.82, 2.24) is 15.1 Å². The fourth-order valence-corrected chi connectivity index (χ4v) is 2.92. The molecule has 0 aromatic carbocycles. The molecule has 0 saturated carbocycles. The monoisotopic (exact) mass is 339 g/mol. The molecule has 23 heavy (non-hydrogen) atoms. The van der Waals surface area contributed by atoms with Gasteiger partial charge in [0.2, 0.25) is 5.91 Å². The third-order valence-electron chi connectivity index (χ3n) is 3.43. The number of nitrogens with zero attached hydrogens (tertiary/aromatic N) is 2. The topological polar surface area (TPSA) is 61.9 Å². The third kappa shape index (κ3) is 6.19. The van der Waals surface area contributed by atoms with Crippen molar-refractivity contribution in [2.24, 2.45) is 0 Å². The molecule has 2 rings (SSSR count). The lowest BCUT2D eigenvalue weighted by Crippen LogP contribution is -2.52. The zero-order valence-corrected chi connectivity index (χ0v) is 14.8. The van der Waals surface area contributed by atoms with Crippen molar-refractivity contribution in [1.29, 1.82) is 0 Å². The quantitative estimate of drug-likeness (QED) is 0.910. The summed E-state index contributed by atoms with van der Waals surface area (Å²) in [5.41, 5.74) is -0.476. The van der Waals surface area contributed by atoms with Gasteiger partial charge < -0.3 is 15.0 Å². The summed E-state index contributed by atoms with van der Waals surface area (Å²) in [6.45, 7) is 9.08. The maximum Gasteiger partial charge on any atom is 0.410 e. The maximum absolute atomic E-state index is 12.0. The number of rotatable bonds is 4. The van der Waals surface area contributed by atoms with Gasteiger partial charge in [0, 0.05) is 31.1 Å². The predicted molar refractivity (Wildman–Crippen MR) is 90.4 cm³/mol. The Hall–Kier alpha value is -1.60. The van der Waals surface area contributed by atoms with Crippen molar-refractivity contribution in [3.05, 3.63) is 22.4 Å². The first-order valence-electron chi connectivity index (χ1n) is 7.83. The van der Waals surface area contributed by atoms with Crippen LogP contribution in [0.2, 0.25) is 0 Å². The number of hydrogen-bond donors (Lipinski definition) is 1. The molecule has 1 fully saturated rings. The van der Waals surface area contributed by atoms with E-state index >= 15 is 0 Å². The summed E-state index contributed by atoms with van der Waals surface area (Å²) in [7, 11) is 0. The van der Waals surface area contributed by atoms with Gasteiger partial charge in [0.15, 0.2) is 0 Å². The predicted octanol–water partition coefficient (Wildman–Crippen LogP) is 1.92. The minimum Gasteiger partial charge on any atom is -0.444 e. The number of carbonyl (C=O) groups excluding carboxylic acids is 2. The van der Waals surface area contributed by atoms with Crippen LogP contribution in [0.25, 0.3) is 0 Å². The molecule has 1 aliphatic heterocycles. The summed E-state index contributed by atoms with van der Waals surface area (Å²) >= 11 is 1.63. The highest BCUT2D eigenvalue weighted by molar-refractivity contribution is 7.09. The molecule has 128 valence electrons. The minimum atomic E-state index is -0.476. The summed E-state index contributed by atoms with van der Waals surface area (Å²) < 4.78 is 5.36. The first-order chi connectivity index (χ1) is 10.8. The van der Waals surface area contributed by atoms with E-state index in [1.165, 1.54) is 0 Å². The van der Waals surface area contributed by atoms with Crippen LogP contribution < -0.4 is 5.32 Å². The van der Waals surface area contributed by atoms with Gasteiger partial charge in [-0.1, -0.05) is 6.07 Å². The Morgan fingerprint density at radius 1 is 1.26 bits per heavy atom. The molecule has 0 atom stereocenters. The Morgan fingerprint density at radius 2 is 1.96 bits per heavy atom. The maximum atomic E-state index is 12.0. The molecule has 2 amide bonds. The number of hydrogen-bond acceptors (Lipinski definition) is 5. The number of ether oxygens (including phenoxy) is 1. The van der Waals surface area contributed by atoms with Crippen LogP contribution in [0.4, 0.5) is 4.79 Å². The van der Waals surface area contributed by atoms with Gasteiger partial charge in [0.25, 0.3) is 0 Å². The van der Waals surface area contributed by atoms with Crippen LogP contribution in [0.1, 0.15) is 25.6 Å². The van der Waals surface area contributed by atoms with Gasteiger partial charge in [0.1, 0.15) is 5.60 Å². The molecule has 1 aromatic rings. The van der Waals surface area contributed by atoms with Crippen molar-refractivity contribution in [3.63, 3.8) is 0 Å². The second-order valence-electron chi connectivity index (χ2n) is 6.60. The lowest BCUT2D eigenvalue weighted by atomic mass is 10.2. The first kappa shape index (κ1) is 17.7. The van der Waals surface area contributed by atoms with Crippen LogP contribution in [-0.4, -0.2) is 60.1 Å². The van der Waals surface area contributed by atoms with Gasteiger partial charge in [-0.05, 0) is 32.2 Å². The summed E-state index contributed by atoms with van der Waals surface area (Å²) in [5, 5.41) is 4.92. The molecule has 1 N–H and O–H groups in total. The van der Waals surface area contributed by atoms with Crippen molar-refractivity contribution in [2.45, 2.75) is 32.9 Å². The zero-order chi connectivity index (χ0) is 16.9. The molecule has 0 aliphatic carbocycles. The number of nitrogens with one attached hydrogen (secondary N) is 1. The molecule has 2 heterocycles. The normalized spacial score (nSPS) is 16.2. The molecule has 0 unspecified atom stereocenters. The van der Waals surface area contributed by atoms with E-state index in [1.54, 1.807) is 16.2 Å². The van der Waals surface area contributed by atoms with Gasteiger partial charge in [-0.3, -0.25) is 9.69 Å². The van der Waals surface area contributed by atoms with E-state index in [2.05, 4.69) is 10.2 Å². The molecule has 1 aliphatic rings. The SMILES string of the molecule is CC(C)(C)OC(=O)N1CCN(CC(=O)NCc2cccs2)CC1. The summed E-state index contributed by atoms with van der Waals surface area (Å²) in [5.74, 6) is 0.0177. The smallest absolute Gasteiger partial charge is 0.410 e. The van der Waals surface area contributed by atoms with E-state index in [1.807, 2.05) is 38.3 Å². The van der Waals surface area contributed by atoms with E-state index < -0.39 is 5.60 Å². The van der Waals surface area contributed by atoms with E-state index in [9.17, 15) is 9.59 Å². The van der Waals surface area contributed by atoms with Gasteiger partial charge >= 0.3 is 6.09 Å². The fourth-order valence-electron chi connectivity index (χ4n) is 2.27. The Labute approximate surface area is 141 Å². The highest BCUT2D eigenvalue weighted by atomic mass is 32.1. The van der Waals surface area contributed by atoms with Crippen LogP contribution in [-0.2, 0) is 16.1 Å². The van der Waals surface area contributed by atoms with E-state index in [-0.39, 0.29) is 12.0 Å². The molecule has 0 radical (unpaired) electrons. The molecule has 7 heteroatoms. The Morgan fingerprint density at radius 3 is 2.52 bits per heavy atom. The van der Waals surface area contributed by atoms with Crippen molar-refractivity contribution in [2.75, 3.05) is 32.7 Å². The van der Waals surface area contributed by atoms with Crippen molar-refractivity contribution < 1.29 is 14.3 Å². The number of carbonyl (C=O) groups is 2.